The maximum atomic E-state index is 14.1. The minimum absolute atomic E-state index is 0.0979. The molecular weight excluding hydrogens is 712 g/mol. The number of hydrogen-bond acceptors (Lipinski definition) is 6. The second kappa shape index (κ2) is 13.0. The summed E-state index contributed by atoms with van der Waals surface area (Å²) >= 11 is 14.6. The van der Waals surface area contributed by atoms with E-state index < -0.39 is 5.92 Å². The second-order valence-electron chi connectivity index (χ2n) is 13.5. The Balaban J connectivity index is 1.65. The Bertz CT molecular complexity index is 1510. The molecule has 5 rings (SSSR count). The van der Waals surface area contributed by atoms with E-state index >= 15 is 0 Å². The number of carbonyl (C=O) groups excluding carboxylic acids is 2. The summed E-state index contributed by atoms with van der Waals surface area (Å²) in [5, 5.41) is 0.953. The SMILES string of the molecule is CCOc1cc(C2C3=C(CC(C)(C)CC3=O)N(CCOC)C3=C2C(=O)CC(C)(C)C3)cc(I)c1OCc1ccc(Cl)c(Cl)c1. The predicted molar refractivity (Wildman–Crippen MR) is 183 cm³/mol. The van der Waals surface area contributed by atoms with Crippen LogP contribution in [-0.2, 0) is 20.9 Å². The van der Waals surface area contributed by atoms with Gasteiger partial charge in [-0.2, -0.15) is 0 Å². The second-order valence-corrected chi connectivity index (χ2v) is 15.5. The summed E-state index contributed by atoms with van der Waals surface area (Å²) in [5.74, 6) is 0.910. The molecule has 9 heteroatoms. The smallest absolute Gasteiger partial charge is 0.174 e. The lowest BCUT2D eigenvalue weighted by atomic mass is 9.63. The molecule has 3 aliphatic rings. The average Bonchev–Trinajstić information content (AvgIpc) is 2.91. The molecule has 0 amide bonds. The number of nitrogens with zero attached hydrogens (tertiary/aromatic N) is 1. The number of methoxy groups -OCH3 is 1. The van der Waals surface area contributed by atoms with E-state index in [4.69, 9.17) is 37.4 Å². The number of allylic oxidation sites excluding steroid dienone is 4. The molecule has 2 aliphatic carbocycles. The van der Waals surface area contributed by atoms with Gasteiger partial charge in [0.25, 0.3) is 0 Å². The number of halogens is 3. The van der Waals surface area contributed by atoms with Crippen LogP contribution in [0.15, 0.2) is 52.9 Å². The van der Waals surface area contributed by atoms with Crippen LogP contribution in [0.1, 0.15) is 77.3 Å². The Morgan fingerprint density at radius 3 is 2.05 bits per heavy atom. The summed E-state index contributed by atoms with van der Waals surface area (Å²) in [6.07, 6.45) is 2.37. The van der Waals surface area contributed by atoms with Crippen molar-refractivity contribution in [3.63, 3.8) is 0 Å². The van der Waals surface area contributed by atoms with Crippen LogP contribution < -0.4 is 9.47 Å². The fourth-order valence-corrected chi connectivity index (χ4v) is 7.88. The van der Waals surface area contributed by atoms with Crippen LogP contribution in [0.5, 0.6) is 11.5 Å². The number of ketones is 2. The summed E-state index contributed by atoms with van der Waals surface area (Å²) in [6, 6.07) is 9.41. The van der Waals surface area contributed by atoms with E-state index in [2.05, 4.69) is 55.2 Å². The zero-order chi connectivity index (χ0) is 32.0. The third-order valence-corrected chi connectivity index (χ3v) is 10.1. The highest BCUT2D eigenvalue weighted by molar-refractivity contribution is 14.1. The first-order valence-electron chi connectivity index (χ1n) is 15.1. The minimum atomic E-state index is -0.470. The molecule has 1 aliphatic heterocycles. The molecule has 6 nitrogen and oxygen atoms in total. The van der Waals surface area contributed by atoms with Gasteiger partial charge in [0, 0.05) is 55.0 Å². The van der Waals surface area contributed by atoms with Gasteiger partial charge < -0.3 is 19.1 Å². The molecule has 0 fully saturated rings. The molecule has 2 aromatic carbocycles. The van der Waals surface area contributed by atoms with Crippen molar-refractivity contribution in [2.45, 2.75) is 72.8 Å². The first kappa shape index (κ1) is 33.3. The molecule has 0 saturated carbocycles. The van der Waals surface area contributed by atoms with E-state index in [0.29, 0.717) is 54.1 Å². The van der Waals surface area contributed by atoms with Gasteiger partial charge >= 0.3 is 0 Å². The van der Waals surface area contributed by atoms with Crippen LogP contribution in [0.3, 0.4) is 0 Å². The van der Waals surface area contributed by atoms with E-state index in [1.807, 2.05) is 25.1 Å². The van der Waals surface area contributed by atoms with Crippen molar-refractivity contribution in [1.29, 1.82) is 0 Å². The molecule has 0 saturated heterocycles. The molecule has 0 unspecified atom stereocenters. The lowest BCUT2D eigenvalue weighted by Crippen LogP contribution is -2.45. The van der Waals surface area contributed by atoms with Crippen LogP contribution in [0.25, 0.3) is 0 Å². The largest absolute Gasteiger partial charge is 0.490 e. The molecule has 0 N–H and O–H groups in total. The summed E-state index contributed by atoms with van der Waals surface area (Å²) in [6.45, 7) is 12.3. The first-order chi connectivity index (χ1) is 20.7. The standard InChI is InChI=1S/C35H40Cl2INO5/c1-7-43-29-14-21(13-24(38)33(29)44-19-20-8-9-22(36)23(37)12-20)30-31-25(15-34(2,3)17-27(31)40)39(10-11-42-6)26-16-35(4,5)18-28(41)32(26)30/h8-9,12-14,30H,7,10-11,15-19H2,1-6H3. The molecule has 44 heavy (non-hydrogen) atoms. The number of benzene rings is 2. The lowest BCUT2D eigenvalue weighted by Gasteiger charge is -2.49. The molecule has 0 spiro atoms. The molecule has 236 valence electrons. The van der Waals surface area contributed by atoms with Gasteiger partial charge in [0.2, 0.25) is 0 Å². The fourth-order valence-electron chi connectivity index (χ4n) is 6.78. The van der Waals surface area contributed by atoms with Gasteiger partial charge in [-0.15, -0.1) is 0 Å². The number of carbonyl (C=O) groups is 2. The topological polar surface area (TPSA) is 65.1 Å². The highest BCUT2D eigenvalue weighted by Crippen LogP contribution is 2.55. The van der Waals surface area contributed by atoms with E-state index in [1.54, 1.807) is 19.2 Å². The first-order valence-corrected chi connectivity index (χ1v) is 16.9. The van der Waals surface area contributed by atoms with E-state index in [0.717, 1.165) is 50.1 Å². The van der Waals surface area contributed by atoms with Crippen molar-refractivity contribution in [2.24, 2.45) is 10.8 Å². The number of Topliss-reactive ketones (excluding diaryl/α,β-unsaturated/α-hetero) is 2. The summed E-state index contributed by atoms with van der Waals surface area (Å²) < 4.78 is 18.8. The van der Waals surface area contributed by atoms with Gasteiger partial charge in [-0.05, 0) is 88.6 Å². The van der Waals surface area contributed by atoms with Crippen molar-refractivity contribution in [2.75, 3.05) is 26.9 Å². The molecule has 0 bridgehead atoms. The van der Waals surface area contributed by atoms with Gasteiger partial charge in [0.05, 0.1) is 26.8 Å². The number of ether oxygens (including phenoxy) is 3. The Morgan fingerprint density at radius 2 is 1.50 bits per heavy atom. The Hall–Kier alpha value is -2.07. The average molecular weight is 753 g/mol. The Kier molecular flexibility index (Phi) is 9.82. The van der Waals surface area contributed by atoms with Crippen molar-refractivity contribution >= 4 is 57.4 Å². The predicted octanol–water partition coefficient (Wildman–Crippen LogP) is 8.91. The summed E-state index contributed by atoms with van der Waals surface area (Å²) in [5.41, 5.74) is 4.87. The monoisotopic (exact) mass is 751 g/mol. The lowest BCUT2D eigenvalue weighted by molar-refractivity contribution is -0.119. The van der Waals surface area contributed by atoms with Gasteiger partial charge in [-0.3, -0.25) is 9.59 Å². The Morgan fingerprint density at radius 1 is 0.886 bits per heavy atom. The zero-order valence-corrected chi connectivity index (χ0v) is 29.9. The number of hydrogen-bond donors (Lipinski definition) is 0. The van der Waals surface area contributed by atoms with Crippen LogP contribution in [0.2, 0.25) is 10.0 Å². The summed E-state index contributed by atoms with van der Waals surface area (Å²) in [4.78, 5) is 30.4. The zero-order valence-electron chi connectivity index (χ0n) is 26.2. The van der Waals surface area contributed by atoms with E-state index in [-0.39, 0.29) is 29.0 Å². The van der Waals surface area contributed by atoms with Gasteiger partial charge in [-0.25, -0.2) is 0 Å². The maximum absolute atomic E-state index is 14.1. The molecular formula is C35H40Cl2INO5. The number of rotatable bonds is 9. The third kappa shape index (κ3) is 6.72. The third-order valence-electron chi connectivity index (χ3n) is 8.57. The molecule has 0 atom stereocenters. The minimum Gasteiger partial charge on any atom is -0.490 e. The van der Waals surface area contributed by atoms with Crippen molar-refractivity contribution in [3.05, 3.63) is 77.6 Å². The van der Waals surface area contributed by atoms with Crippen LogP contribution in [-0.4, -0.2) is 43.3 Å². The quantitative estimate of drug-likeness (QED) is 0.239. The van der Waals surface area contributed by atoms with E-state index in [1.165, 1.54) is 0 Å². The molecule has 2 aromatic rings. The summed E-state index contributed by atoms with van der Waals surface area (Å²) in [7, 11) is 1.69. The Labute approximate surface area is 284 Å². The highest BCUT2D eigenvalue weighted by atomic mass is 127. The van der Waals surface area contributed by atoms with Crippen molar-refractivity contribution in [3.8, 4) is 11.5 Å². The van der Waals surface area contributed by atoms with Gasteiger partial charge in [-0.1, -0.05) is 57.0 Å². The van der Waals surface area contributed by atoms with Crippen LogP contribution >= 0.6 is 45.8 Å². The highest BCUT2D eigenvalue weighted by Gasteiger charge is 2.49. The maximum Gasteiger partial charge on any atom is 0.174 e. The molecule has 0 aromatic heterocycles. The fraction of sp³-hybridized carbons (Fsp3) is 0.486. The van der Waals surface area contributed by atoms with Crippen LogP contribution in [0, 0.1) is 14.4 Å². The van der Waals surface area contributed by atoms with Crippen molar-refractivity contribution in [1.82, 2.24) is 4.90 Å². The van der Waals surface area contributed by atoms with E-state index in [9.17, 15) is 9.59 Å². The van der Waals surface area contributed by atoms with Crippen molar-refractivity contribution < 1.29 is 23.8 Å². The molecule has 0 radical (unpaired) electrons. The van der Waals surface area contributed by atoms with Gasteiger partial charge in [0.1, 0.15) is 6.61 Å². The molecule has 1 heterocycles. The van der Waals surface area contributed by atoms with Crippen LogP contribution in [0.4, 0.5) is 0 Å². The normalized spacial score (nSPS) is 19.7. The van der Waals surface area contributed by atoms with Gasteiger partial charge in [0.15, 0.2) is 23.1 Å².